The van der Waals surface area contributed by atoms with Crippen LogP contribution in [-0.4, -0.2) is 39.1 Å². The molecular formula is C23H26ClN3O2. The summed E-state index contributed by atoms with van der Waals surface area (Å²) in [7, 11) is 0. The van der Waals surface area contributed by atoms with Crippen LogP contribution in [0, 0.1) is 30.1 Å². The summed E-state index contributed by atoms with van der Waals surface area (Å²) in [6.07, 6.45) is 3.90. The second-order valence-corrected chi connectivity index (χ2v) is 9.69. The summed E-state index contributed by atoms with van der Waals surface area (Å²) >= 11 is 6.59. The number of rotatable bonds is 3. The zero-order valence-corrected chi connectivity index (χ0v) is 17.5. The van der Waals surface area contributed by atoms with Crippen LogP contribution in [0.1, 0.15) is 61.8 Å². The fraction of sp³-hybridized carbons (Fsp3) is 0.565. The molecule has 2 aliphatic carbocycles. The number of carbonyl (C=O) groups is 1. The molecule has 152 valence electrons. The summed E-state index contributed by atoms with van der Waals surface area (Å²) < 4.78 is 0. The Balaban J connectivity index is 1.43. The smallest absolute Gasteiger partial charge is 0.223 e. The second kappa shape index (κ2) is 6.75. The summed E-state index contributed by atoms with van der Waals surface area (Å²) in [5, 5.41) is 21.6. The lowest BCUT2D eigenvalue weighted by Gasteiger charge is -2.58. The van der Waals surface area contributed by atoms with Gasteiger partial charge in [-0.25, -0.2) is 0 Å². The van der Waals surface area contributed by atoms with Gasteiger partial charge in [-0.05, 0) is 62.0 Å². The highest BCUT2D eigenvalue weighted by Crippen LogP contribution is 2.50. The SMILES string of the molecule is Cc1ccc2[nH]c(C#N)c(C(C)CC(=O)N3C4CC5CC3CC(C4)C5O)c2c1Cl. The topological polar surface area (TPSA) is 80.1 Å². The van der Waals surface area contributed by atoms with Gasteiger partial charge in [0.15, 0.2) is 0 Å². The van der Waals surface area contributed by atoms with E-state index < -0.39 is 0 Å². The van der Waals surface area contributed by atoms with E-state index in [4.69, 9.17) is 11.6 Å². The number of nitrogens with one attached hydrogen (secondary N) is 1. The molecule has 29 heavy (non-hydrogen) atoms. The van der Waals surface area contributed by atoms with Crippen LogP contribution in [0.15, 0.2) is 12.1 Å². The summed E-state index contributed by atoms with van der Waals surface area (Å²) in [6, 6.07) is 6.68. The first-order valence-corrected chi connectivity index (χ1v) is 11.0. The van der Waals surface area contributed by atoms with E-state index in [0.717, 1.165) is 47.7 Å². The van der Waals surface area contributed by atoms with Crippen molar-refractivity contribution in [2.24, 2.45) is 11.8 Å². The molecule has 2 aliphatic heterocycles. The summed E-state index contributed by atoms with van der Waals surface area (Å²) in [6.45, 7) is 3.97. The predicted molar refractivity (Wildman–Crippen MR) is 112 cm³/mol. The number of aliphatic hydroxyl groups is 1. The number of halogens is 1. The predicted octanol–water partition coefficient (Wildman–Crippen LogP) is 4.26. The van der Waals surface area contributed by atoms with Crippen LogP contribution in [-0.2, 0) is 4.79 Å². The van der Waals surface area contributed by atoms with Crippen molar-refractivity contribution in [3.05, 3.63) is 34.0 Å². The molecule has 4 bridgehead atoms. The normalized spacial score (nSPS) is 31.3. The third-order valence-corrected chi connectivity index (χ3v) is 8.05. The van der Waals surface area contributed by atoms with Gasteiger partial charge in [-0.15, -0.1) is 0 Å². The van der Waals surface area contributed by atoms with Crippen molar-refractivity contribution in [3.8, 4) is 6.07 Å². The Morgan fingerprint density at radius 2 is 1.93 bits per heavy atom. The van der Waals surface area contributed by atoms with Gasteiger partial charge in [0.05, 0.1) is 11.1 Å². The number of benzene rings is 1. The van der Waals surface area contributed by atoms with Crippen molar-refractivity contribution >= 4 is 28.4 Å². The van der Waals surface area contributed by atoms with Gasteiger partial charge in [0.2, 0.25) is 5.91 Å². The lowest BCUT2D eigenvalue weighted by molar-refractivity contribution is -0.163. The standard InChI is InChI=1S/C23H26ClN3O2/c1-11-3-4-17-21(22(11)24)20(18(10-25)26-17)12(2)5-19(28)27-15-6-13-7-16(27)9-14(8-15)23(13)29/h3-4,12-16,23,26,29H,5-9H2,1-2H3. The first-order chi connectivity index (χ1) is 13.9. The van der Waals surface area contributed by atoms with Gasteiger partial charge in [-0.3, -0.25) is 4.79 Å². The number of hydrogen-bond donors (Lipinski definition) is 2. The molecule has 4 aliphatic rings. The van der Waals surface area contributed by atoms with Crippen LogP contribution in [0.3, 0.4) is 0 Å². The minimum absolute atomic E-state index is 0.104. The summed E-state index contributed by atoms with van der Waals surface area (Å²) in [4.78, 5) is 18.6. The number of nitrogens with zero attached hydrogens (tertiary/aromatic N) is 2. The number of piperidine rings is 2. The molecule has 1 aromatic heterocycles. The third-order valence-electron chi connectivity index (χ3n) is 7.56. The van der Waals surface area contributed by atoms with Gasteiger partial charge < -0.3 is 15.0 Å². The maximum atomic E-state index is 13.3. The molecule has 3 heterocycles. The minimum atomic E-state index is -0.173. The van der Waals surface area contributed by atoms with Crippen molar-refractivity contribution in [3.63, 3.8) is 0 Å². The molecule has 2 N–H and O–H groups in total. The molecule has 0 spiro atoms. The highest BCUT2D eigenvalue weighted by atomic mass is 35.5. The van der Waals surface area contributed by atoms with E-state index in [0.29, 0.717) is 29.0 Å². The van der Waals surface area contributed by atoms with Gasteiger partial charge in [0.1, 0.15) is 11.8 Å². The number of aromatic nitrogens is 1. The van der Waals surface area contributed by atoms with E-state index in [2.05, 4.69) is 16.0 Å². The fourth-order valence-electron chi connectivity index (χ4n) is 6.31. The maximum Gasteiger partial charge on any atom is 0.223 e. The van der Waals surface area contributed by atoms with Crippen molar-refractivity contribution in [1.29, 1.82) is 5.26 Å². The zero-order chi connectivity index (χ0) is 20.4. The van der Waals surface area contributed by atoms with Crippen molar-refractivity contribution in [2.75, 3.05) is 0 Å². The van der Waals surface area contributed by atoms with E-state index in [1.165, 1.54) is 0 Å². The average Bonchev–Trinajstić information content (AvgIpc) is 3.07. The molecule has 2 saturated heterocycles. The minimum Gasteiger partial charge on any atom is -0.393 e. The van der Waals surface area contributed by atoms with Crippen LogP contribution < -0.4 is 0 Å². The van der Waals surface area contributed by atoms with Crippen LogP contribution in [0.5, 0.6) is 0 Å². The molecule has 1 unspecified atom stereocenters. The molecule has 2 saturated carbocycles. The van der Waals surface area contributed by atoms with E-state index in [1.54, 1.807) is 0 Å². The van der Waals surface area contributed by atoms with Crippen LogP contribution in [0.2, 0.25) is 5.02 Å². The van der Waals surface area contributed by atoms with E-state index >= 15 is 0 Å². The zero-order valence-electron chi connectivity index (χ0n) is 16.8. The number of H-pyrrole nitrogens is 1. The number of hydrogen-bond acceptors (Lipinski definition) is 3. The molecule has 6 rings (SSSR count). The molecule has 6 heteroatoms. The van der Waals surface area contributed by atoms with Crippen molar-refractivity contribution in [2.45, 2.75) is 70.1 Å². The lowest BCUT2D eigenvalue weighted by Crippen LogP contribution is -2.64. The maximum absolute atomic E-state index is 13.3. The molecule has 1 amide bonds. The molecule has 0 radical (unpaired) electrons. The van der Waals surface area contributed by atoms with Crippen molar-refractivity contribution in [1.82, 2.24) is 9.88 Å². The first kappa shape index (κ1) is 19.0. The Morgan fingerprint density at radius 3 is 2.52 bits per heavy atom. The Labute approximate surface area is 175 Å². The van der Waals surface area contributed by atoms with Gasteiger partial charge in [-0.2, -0.15) is 5.26 Å². The average molecular weight is 412 g/mol. The fourth-order valence-corrected chi connectivity index (χ4v) is 6.58. The lowest BCUT2D eigenvalue weighted by atomic mass is 9.62. The first-order valence-electron chi connectivity index (χ1n) is 10.6. The number of aromatic amines is 1. The van der Waals surface area contributed by atoms with Crippen LogP contribution in [0.4, 0.5) is 0 Å². The Hall–Kier alpha value is -2.03. The van der Waals surface area contributed by atoms with Crippen molar-refractivity contribution < 1.29 is 9.90 Å². The van der Waals surface area contributed by atoms with E-state index in [-0.39, 0.29) is 30.0 Å². The van der Waals surface area contributed by atoms with Crippen LogP contribution >= 0.6 is 11.6 Å². The van der Waals surface area contributed by atoms with Gasteiger partial charge >= 0.3 is 0 Å². The molecule has 5 nitrogen and oxygen atoms in total. The molecule has 4 fully saturated rings. The van der Waals surface area contributed by atoms with Gasteiger partial charge in [0.25, 0.3) is 0 Å². The Bertz CT molecular complexity index is 1010. The molecule has 1 atom stereocenters. The Kier molecular flexibility index (Phi) is 4.42. The monoisotopic (exact) mass is 411 g/mol. The highest BCUT2D eigenvalue weighted by Gasteiger charge is 2.52. The largest absolute Gasteiger partial charge is 0.393 e. The Morgan fingerprint density at radius 1 is 1.31 bits per heavy atom. The summed E-state index contributed by atoms with van der Waals surface area (Å²) in [5.74, 6) is 0.787. The molecular weight excluding hydrogens is 386 g/mol. The number of aryl methyl sites for hydroxylation is 1. The van der Waals surface area contributed by atoms with Gasteiger partial charge in [0, 0.05) is 35.0 Å². The molecule has 2 aromatic rings. The number of fused-ring (bicyclic) bond motifs is 1. The summed E-state index contributed by atoms with van der Waals surface area (Å²) in [5.41, 5.74) is 3.15. The van der Waals surface area contributed by atoms with E-state index in [9.17, 15) is 15.2 Å². The quantitative estimate of drug-likeness (QED) is 0.792. The number of carbonyl (C=O) groups excluding carboxylic acids is 1. The highest BCUT2D eigenvalue weighted by molar-refractivity contribution is 6.36. The van der Waals surface area contributed by atoms with E-state index in [1.807, 2.05) is 26.0 Å². The number of nitriles is 1. The second-order valence-electron chi connectivity index (χ2n) is 9.31. The number of aliphatic hydroxyl groups excluding tert-OH is 1. The molecule has 1 aromatic carbocycles. The number of amides is 1. The van der Waals surface area contributed by atoms with Crippen LogP contribution in [0.25, 0.3) is 10.9 Å². The third kappa shape index (κ3) is 2.80. The van der Waals surface area contributed by atoms with Gasteiger partial charge in [-0.1, -0.05) is 24.6 Å².